The molecule has 5 heteroatoms. The number of likely N-dealkylation sites (N-methyl/N-ethyl adjacent to an activating group) is 1. The highest BCUT2D eigenvalue weighted by Crippen LogP contribution is 2.31. The fourth-order valence-corrected chi connectivity index (χ4v) is 2.21. The van der Waals surface area contributed by atoms with E-state index in [1.54, 1.807) is 0 Å². The molecule has 1 aromatic rings. The lowest BCUT2D eigenvalue weighted by Gasteiger charge is -2.24. The van der Waals surface area contributed by atoms with Gasteiger partial charge in [-0.15, -0.1) is 0 Å². The molecule has 3 nitrogen and oxygen atoms in total. The SMILES string of the molecule is CCCCN(C)C(CN)c1cc(Br)c(Br)o1. The number of unbranched alkanes of at least 4 members (excludes halogenated alkanes) is 1. The van der Waals surface area contributed by atoms with E-state index in [1.165, 1.54) is 12.8 Å². The van der Waals surface area contributed by atoms with Crippen LogP contribution in [0.25, 0.3) is 0 Å². The summed E-state index contributed by atoms with van der Waals surface area (Å²) in [6.45, 7) is 3.78. The van der Waals surface area contributed by atoms with Crippen molar-refractivity contribution in [3.8, 4) is 0 Å². The summed E-state index contributed by atoms with van der Waals surface area (Å²) in [7, 11) is 2.08. The molecule has 2 N–H and O–H groups in total. The van der Waals surface area contributed by atoms with Crippen LogP contribution in [0.3, 0.4) is 0 Å². The summed E-state index contributed by atoms with van der Waals surface area (Å²) < 4.78 is 7.28. The van der Waals surface area contributed by atoms with Crippen LogP contribution in [0.2, 0.25) is 0 Å². The second-order valence-corrected chi connectivity index (χ2v) is 5.43. The lowest BCUT2D eigenvalue weighted by atomic mass is 10.2. The van der Waals surface area contributed by atoms with Crippen molar-refractivity contribution in [3.05, 3.63) is 21.0 Å². The Balaban J connectivity index is 2.73. The van der Waals surface area contributed by atoms with Gasteiger partial charge < -0.3 is 10.2 Å². The van der Waals surface area contributed by atoms with E-state index in [1.807, 2.05) is 6.07 Å². The Morgan fingerprint density at radius 2 is 2.19 bits per heavy atom. The molecule has 0 bridgehead atoms. The fraction of sp³-hybridized carbons (Fsp3) is 0.636. The Morgan fingerprint density at radius 3 is 2.62 bits per heavy atom. The van der Waals surface area contributed by atoms with Crippen molar-refractivity contribution < 1.29 is 4.42 Å². The van der Waals surface area contributed by atoms with Crippen molar-refractivity contribution in [2.45, 2.75) is 25.8 Å². The fourth-order valence-electron chi connectivity index (χ4n) is 1.60. The number of nitrogens with zero attached hydrogens (tertiary/aromatic N) is 1. The molecule has 0 radical (unpaired) electrons. The van der Waals surface area contributed by atoms with Crippen molar-refractivity contribution in [2.75, 3.05) is 20.1 Å². The first-order valence-corrected chi connectivity index (χ1v) is 7.03. The van der Waals surface area contributed by atoms with Gasteiger partial charge in [0.05, 0.1) is 10.5 Å². The average molecular weight is 354 g/mol. The second kappa shape index (κ2) is 6.79. The highest BCUT2D eigenvalue weighted by molar-refractivity contribution is 9.13. The number of hydrogen-bond donors (Lipinski definition) is 1. The van der Waals surface area contributed by atoms with Gasteiger partial charge in [-0.25, -0.2) is 0 Å². The lowest BCUT2D eigenvalue weighted by Crippen LogP contribution is -2.31. The average Bonchev–Trinajstić information content (AvgIpc) is 2.57. The van der Waals surface area contributed by atoms with E-state index in [0.717, 1.165) is 21.4 Å². The molecule has 0 aromatic carbocycles. The maximum absolute atomic E-state index is 5.80. The van der Waals surface area contributed by atoms with E-state index in [0.29, 0.717) is 6.54 Å². The molecule has 0 aliphatic heterocycles. The first kappa shape index (κ1) is 14.2. The van der Waals surface area contributed by atoms with Gasteiger partial charge in [0.15, 0.2) is 4.67 Å². The topological polar surface area (TPSA) is 42.4 Å². The van der Waals surface area contributed by atoms with Crippen LogP contribution < -0.4 is 5.73 Å². The Morgan fingerprint density at radius 1 is 1.50 bits per heavy atom. The van der Waals surface area contributed by atoms with E-state index < -0.39 is 0 Å². The molecular weight excluding hydrogens is 336 g/mol. The van der Waals surface area contributed by atoms with Crippen LogP contribution in [0.15, 0.2) is 19.6 Å². The Labute approximate surface area is 114 Å². The van der Waals surface area contributed by atoms with Crippen molar-refractivity contribution in [1.82, 2.24) is 4.90 Å². The zero-order valence-electron chi connectivity index (χ0n) is 9.67. The first-order valence-electron chi connectivity index (χ1n) is 5.45. The summed E-state index contributed by atoms with van der Waals surface area (Å²) in [5.41, 5.74) is 5.80. The summed E-state index contributed by atoms with van der Waals surface area (Å²) in [6, 6.07) is 2.12. The molecule has 1 rings (SSSR count). The van der Waals surface area contributed by atoms with E-state index in [4.69, 9.17) is 10.2 Å². The molecular formula is C11H18Br2N2O. The van der Waals surface area contributed by atoms with E-state index in [-0.39, 0.29) is 6.04 Å². The van der Waals surface area contributed by atoms with Crippen molar-refractivity contribution in [3.63, 3.8) is 0 Å². The number of hydrogen-bond acceptors (Lipinski definition) is 3. The molecule has 1 heterocycles. The minimum atomic E-state index is 0.147. The number of rotatable bonds is 6. The maximum atomic E-state index is 5.80. The van der Waals surface area contributed by atoms with Gasteiger partial charge in [0.25, 0.3) is 0 Å². The second-order valence-electron chi connectivity index (χ2n) is 3.86. The third kappa shape index (κ3) is 3.58. The molecule has 92 valence electrons. The molecule has 1 aromatic heterocycles. The zero-order chi connectivity index (χ0) is 12.1. The summed E-state index contributed by atoms with van der Waals surface area (Å²) in [4.78, 5) is 2.24. The predicted octanol–water partition coefficient (Wildman–Crippen LogP) is 3.54. The summed E-state index contributed by atoms with van der Waals surface area (Å²) >= 11 is 6.76. The largest absolute Gasteiger partial charge is 0.451 e. The molecule has 0 spiro atoms. The van der Waals surface area contributed by atoms with Gasteiger partial charge in [0.2, 0.25) is 0 Å². The third-order valence-electron chi connectivity index (χ3n) is 2.61. The lowest BCUT2D eigenvalue weighted by molar-refractivity contribution is 0.216. The van der Waals surface area contributed by atoms with Crippen LogP contribution in [-0.4, -0.2) is 25.0 Å². The van der Waals surface area contributed by atoms with Crippen molar-refractivity contribution in [2.24, 2.45) is 5.73 Å². The van der Waals surface area contributed by atoms with Crippen LogP contribution in [0.4, 0.5) is 0 Å². The molecule has 16 heavy (non-hydrogen) atoms. The monoisotopic (exact) mass is 352 g/mol. The first-order chi connectivity index (χ1) is 7.60. The molecule has 0 amide bonds. The van der Waals surface area contributed by atoms with Crippen molar-refractivity contribution >= 4 is 31.9 Å². The Hall–Kier alpha value is 0.160. The zero-order valence-corrected chi connectivity index (χ0v) is 12.8. The molecule has 0 fully saturated rings. The van der Waals surface area contributed by atoms with Gasteiger partial charge in [-0.1, -0.05) is 13.3 Å². The van der Waals surface area contributed by atoms with Crippen LogP contribution in [0.5, 0.6) is 0 Å². The van der Waals surface area contributed by atoms with E-state index in [9.17, 15) is 0 Å². The third-order valence-corrected chi connectivity index (χ3v) is 4.32. The number of halogens is 2. The maximum Gasteiger partial charge on any atom is 0.183 e. The van der Waals surface area contributed by atoms with Crippen LogP contribution in [-0.2, 0) is 0 Å². The summed E-state index contributed by atoms with van der Waals surface area (Å²) in [5, 5.41) is 0. The molecule has 0 aliphatic carbocycles. The minimum Gasteiger partial charge on any atom is -0.451 e. The summed E-state index contributed by atoms with van der Waals surface area (Å²) in [6.07, 6.45) is 2.36. The summed E-state index contributed by atoms with van der Waals surface area (Å²) in [5.74, 6) is 0.903. The van der Waals surface area contributed by atoms with E-state index >= 15 is 0 Å². The minimum absolute atomic E-state index is 0.147. The van der Waals surface area contributed by atoms with E-state index in [2.05, 4.69) is 50.7 Å². The standard InChI is InChI=1S/C11H18Br2N2O/c1-3-4-5-15(2)9(7-14)10-6-8(12)11(13)16-10/h6,9H,3-5,7,14H2,1-2H3. The van der Waals surface area contributed by atoms with Crippen LogP contribution in [0, 0.1) is 0 Å². The molecule has 0 aliphatic rings. The van der Waals surface area contributed by atoms with Gasteiger partial charge in [-0.3, -0.25) is 4.90 Å². The van der Waals surface area contributed by atoms with Gasteiger partial charge in [0.1, 0.15) is 5.76 Å². The van der Waals surface area contributed by atoms with Crippen molar-refractivity contribution in [1.29, 1.82) is 0 Å². The number of nitrogens with two attached hydrogens (primary N) is 1. The van der Waals surface area contributed by atoms with Gasteiger partial charge in [0, 0.05) is 6.54 Å². The molecule has 0 saturated carbocycles. The Bertz CT molecular complexity index is 308. The van der Waals surface area contributed by atoms with Gasteiger partial charge in [-0.05, 0) is 57.9 Å². The predicted molar refractivity (Wildman–Crippen MR) is 73.4 cm³/mol. The quantitative estimate of drug-likeness (QED) is 0.850. The van der Waals surface area contributed by atoms with Crippen LogP contribution >= 0.6 is 31.9 Å². The van der Waals surface area contributed by atoms with Gasteiger partial charge >= 0.3 is 0 Å². The highest BCUT2D eigenvalue weighted by atomic mass is 79.9. The molecule has 1 unspecified atom stereocenters. The molecule has 1 atom stereocenters. The Kier molecular flexibility index (Phi) is 6.03. The van der Waals surface area contributed by atoms with Crippen LogP contribution in [0.1, 0.15) is 31.6 Å². The van der Waals surface area contributed by atoms with Gasteiger partial charge in [-0.2, -0.15) is 0 Å². The number of furan rings is 1. The normalized spacial score (nSPS) is 13.4. The molecule has 0 saturated heterocycles. The smallest absolute Gasteiger partial charge is 0.183 e. The highest BCUT2D eigenvalue weighted by Gasteiger charge is 2.20.